The van der Waals surface area contributed by atoms with Gasteiger partial charge in [-0.3, -0.25) is 4.79 Å². The molecular formula is C22H18IN3O2. The molecule has 1 aromatic heterocycles. The first-order valence-corrected chi connectivity index (χ1v) is 9.83. The zero-order chi connectivity index (χ0) is 19.7. The molecule has 3 aromatic carbocycles. The van der Waals surface area contributed by atoms with Gasteiger partial charge in [0.2, 0.25) is 5.89 Å². The molecule has 0 aliphatic carbocycles. The van der Waals surface area contributed by atoms with Crippen LogP contribution in [-0.2, 0) is 0 Å². The normalized spacial score (nSPS) is 10.8. The average molecular weight is 483 g/mol. The van der Waals surface area contributed by atoms with Gasteiger partial charge >= 0.3 is 0 Å². The molecule has 5 nitrogen and oxygen atoms in total. The number of amides is 1. The number of carbonyl (C=O) groups excluding carboxylic acids is 1. The maximum atomic E-state index is 12.4. The molecule has 1 amide bonds. The lowest BCUT2D eigenvalue weighted by Gasteiger charge is -2.11. The van der Waals surface area contributed by atoms with E-state index in [1.54, 1.807) is 18.2 Å². The lowest BCUT2D eigenvalue weighted by molar-refractivity contribution is 0.102. The van der Waals surface area contributed by atoms with Crippen molar-refractivity contribution >= 4 is 51.0 Å². The standard InChI is InChI=1S/C22H18IN3O2/c1-26(2)18-10-5-15(6-11-18)22-25-19-12-9-17(13-20(19)28-22)24-21(27)14-3-7-16(23)8-4-14/h3-13H,1-2H3,(H,24,27). The SMILES string of the molecule is CN(C)c1ccc(-c2nc3ccc(NC(=O)c4ccc(I)cc4)cc3o2)cc1. The molecule has 0 atom stereocenters. The summed E-state index contributed by atoms with van der Waals surface area (Å²) in [4.78, 5) is 19.0. The van der Waals surface area contributed by atoms with Crippen molar-refractivity contribution in [1.29, 1.82) is 0 Å². The van der Waals surface area contributed by atoms with Gasteiger partial charge in [0, 0.05) is 46.2 Å². The van der Waals surface area contributed by atoms with Crippen molar-refractivity contribution in [1.82, 2.24) is 4.98 Å². The largest absolute Gasteiger partial charge is 0.436 e. The molecule has 0 fully saturated rings. The van der Waals surface area contributed by atoms with Gasteiger partial charge in [-0.1, -0.05) is 0 Å². The third-order valence-corrected chi connectivity index (χ3v) is 5.10. The van der Waals surface area contributed by atoms with E-state index in [1.165, 1.54) is 0 Å². The van der Waals surface area contributed by atoms with Gasteiger partial charge in [0.05, 0.1) is 0 Å². The molecule has 0 saturated heterocycles. The minimum atomic E-state index is -0.158. The monoisotopic (exact) mass is 483 g/mol. The van der Waals surface area contributed by atoms with Gasteiger partial charge in [-0.2, -0.15) is 0 Å². The molecule has 1 N–H and O–H groups in total. The second kappa shape index (κ2) is 7.63. The summed E-state index contributed by atoms with van der Waals surface area (Å²) in [7, 11) is 4.00. The first-order valence-electron chi connectivity index (χ1n) is 8.75. The Morgan fingerprint density at radius 2 is 1.71 bits per heavy atom. The molecule has 0 aliphatic rings. The van der Waals surface area contributed by atoms with Crippen LogP contribution in [0.5, 0.6) is 0 Å². The Kier molecular flexibility index (Phi) is 5.04. The lowest BCUT2D eigenvalue weighted by atomic mass is 10.2. The molecule has 0 spiro atoms. The summed E-state index contributed by atoms with van der Waals surface area (Å²) < 4.78 is 7.01. The number of fused-ring (bicyclic) bond motifs is 1. The van der Waals surface area contributed by atoms with Crippen LogP contribution in [0.15, 0.2) is 71.1 Å². The quantitative estimate of drug-likeness (QED) is 0.394. The zero-order valence-electron chi connectivity index (χ0n) is 15.4. The number of hydrogen-bond donors (Lipinski definition) is 1. The number of halogens is 1. The summed E-state index contributed by atoms with van der Waals surface area (Å²) in [5.41, 5.74) is 4.68. The maximum Gasteiger partial charge on any atom is 0.255 e. The van der Waals surface area contributed by atoms with Gasteiger partial charge in [-0.15, -0.1) is 0 Å². The molecule has 4 aromatic rings. The van der Waals surface area contributed by atoms with E-state index in [4.69, 9.17) is 4.42 Å². The Labute approximate surface area is 176 Å². The number of benzene rings is 3. The van der Waals surface area contributed by atoms with Crippen LogP contribution < -0.4 is 10.2 Å². The highest BCUT2D eigenvalue weighted by Gasteiger charge is 2.11. The topological polar surface area (TPSA) is 58.4 Å². The van der Waals surface area contributed by atoms with Gasteiger partial charge in [0.15, 0.2) is 5.58 Å². The Hall–Kier alpha value is -2.87. The number of hydrogen-bond acceptors (Lipinski definition) is 4. The van der Waals surface area contributed by atoms with E-state index in [-0.39, 0.29) is 5.91 Å². The number of rotatable bonds is 4. The summed E-state index contributed by atoms with van der Waals surface area (Å²) in [6.45, 7) is 0. The second-order valence-electron chi connectivity index (χ2n) is 6.60. The summed E-state index contributed by atoms with van der Waals surface area (Å²) in [5, 5.41) is 2.90. The Morgan fingerprint density at radius 1 is 1.00 bits per heavy atom. The van der Waals surface area contributed by atoms with Crippen molar-refractivity contribution in [2.24, 2.45) is 0 Å². The highest BCUT2D eigenvalue weighted by atomic mass is 127. The van der Waals surface area contributed by atoms with E-state index in [0.717, 1.165) is 20.3 Å². The molecule has 28 heavy (non-hydrogen) atoms. The van der Waals surface area contributed by atoms with E-state index in [2.05, 4.69) is 32.9 Å². The van der Waals surface area contributed by atoms with E-state index < -0.39 is 0 Å². The van der Waals surface area contributed by atoms with Crippen molar-refractivity contribution in [3.05, 3.63) is 75.9 Å². The predicted molar refractivity (Wildman–Crippen MR) is 121 cm³/mol. The van der Waals surface area contributed by atoms with Crippen molar-refractivity contribution in [2.75, 3.05) is 24.3 Å². The molecule has 140 valence electrons. The Bertz CT molecular complexity index is 1130. The van der Waals surface area contributed by atoms with Crippen molar-refractivity contribution in [3.8, 4) is 11.5 Å². The van der Waals surface area contributed by atoms with Crippen LogP contribution in [0.4, 0.5) is 11.4 Å². The first kappa shape index (κ1) is 18.5. The number of anilines is 2. The summed E-state index contributed by atoms with van der Waals surface area (Å²) in [5.74, 6) is 0.399. The molecule has 0 aliphatic heterocycles. The van der Waals surface area contributed by atoms with E-state index in [9.17, 15) is 4.79 Å². The number of aromatic nitrogens is 1. The van der Waals surface area contributed by atoms with Gasteiger partial charge in [-0.25, -0.2) is 4.98 Å². The van der Waals surface area contributed by atoms with Crippen LogP contribution >= 0.6 is 22.6 Å². The van der Waals surface area contributed by atoms with E-state index in [0.29, 0.717) is 22.7 Å². The number of oxazole rings is 1. The van der Waals surface area contributed by atoms with Crippen LogP contribution in [0.3, 0.4) is 0 Å². The molecule has 6 heteroatoms. The van der Waals surface area contributed by atoms with E-state index >= 15 is 0 Å². The molecule has 0 saturated carbocycles. The molecule has 0 radical (unpaired) electrons. The average Bonchev–Trinajstić information content (AvgIpc) is 3.12. The van der Waals surface area contributed by atoms with Crippen LogP contribution in [0, 0.1) is 3.57 Å². The van der Waals surface area contributed by atoms with Crippen molar-refractivity contribution in [2.45, 2.75) is 0 Å². The zero-order valence-corrected chi connectivity index (χ0v) is 17.6. The van der Waals surface area contributed by atoms with Crippen LogP contribution in [0.25, 0.3) is 22.6 Å². The van der Waals surface area contributed by atoms with Gasteiger partial charge in [0.1, 0.15) is 5.52 Å². The highest BCUT2D eigenvalue weighted by molar-refractivity contribution is 14.1. The fourth-order valence-electron chi connectivity index (χ4n) is 2.83. The molecular weight excluding hydrogens is 465 g/mol. The number of nitrogens with one attached hydrogen (secondary N) is 1. The molecule has 4 rings (SSSR count). The molecule has 1 heterocycles. The molecule has 0 unspecified atom stereocenters. The van der Waals surface area contributed by atoms with Crippen molar-refractivity contribution in [3.63, 3.8) is 0 Å². The minimum Gasteiger partial charge on any atom is -0.436 e. The smallest absolute Gasteiger partial charge is 0.255 e. The minimum absolute atomic E-state index is 0.158. The van der Waals surface area contributed by atoms with Crippen LogP contribution in [-0.4, -0.2) is 25.0 Å². The first-order chi connectivity index (χ1) is 13.5. The summed E-state index contributed by atoms with van der Waals surface area (Å²) in [6.07, 6.45) is 0. The second-order valence-corrected chi connectivity index (χ2v) is 7.85. The Morgan fingerprint density at radius 3 is 2.39 bits per heavy atom. The summed E-state index contributed by atoms with van der Waals surface area (Å²) >= 11 is 2.21. The maximum absolute atomic E-state index is 12.4. The van der Waals surface area contributed by atoms with Gasteiger partial charge in [-0.05, 0) is 83.3 Å². The lowest BCUT2D eigenvalue weighted by Crippen LogP contribution is -2.11. The number of carbonyl (C=O) groups is 1. The van der Waals surface area contributed by atoms with Crippen LogP contribution in [0.2, 0.25) is 0 Å². The van der Waals surface area contributed by atoms with Gasteiger partial charge in [0.25, 0.3) is 5.91 Å². The van der Waals surface area contributed by atoms with Crippen molar-refractivity contribution < 1.29 is 9.21 Å². The van der Waals surface area contributed by atoms with Crippen LogP contribution in [0.1, 0.15) is 10.4 Å². The third-order valence-electron chi connectivity index (χ3n) is 4.38. The fraction of sp³-hybridized carbons (Fsp3) is 0.0909. The predicted octanol–water partition coefficient (Wildman–Crippen LogP) is 5.42. The van der Waals surface area contributed by atoms with Gasteiger partial charge < -0.3 is 14.6 Å². The Balaban J connectivity index is 1.57. The van der Waals surface area contributed by atoms with E-state index in [1.807, 2.05) is 67.5 Å². The number of nitrogens with zero attached hydrogens (tertiary/aromatic N) is 2. The summed E-state index contributed by atoms with van der Waals surface area (Å²) in [6, 6.07) is 20.9. The highest BCUT2D eigenvalue weighted by Crippen LogP contribution is 2.27. The fourth-order valence-corrected chi connectivity index (χ4v) is 3.19. The third kappa shape index (κ3) is 3.87. The molecule has 0 bridgehead atoms.